The Hall–Kier alpha value is 0.630. The van der Waals surface area contributed by atoms with Crippen molar-refractivity contribution in [3.63, 3.8) is 0 Å². The molecule has 0 amide bonds. The highest BCUT2D eigenvalue weighted by molar-refractivity contribution is 9.32. The molecule has 2 heterocycles. The lowest BCUT2D eigenvalue weighted by Crippen LogP contribution is -2.29. The van der Waals surface area contributed by atoms with Gasteiger partial charge >= 0.3 is 5.69 Å². The number of nitrogens with two attached hydrogens (primary N) is 1. The molecule has 3 N–H and O–H groups in total. The van der Waals surface area contributed by atoms with Gasteiger partial charge in [0.25, 0.3) is 0 Å². The van der Waals surface area contributed by atoms with E-state index in [-0.39, 0.29) is 6.61 Å². The molecule has 0 radical (unpaired) electrons. The minimum absolute atomic E-state index is 0.152. The third-order valence-electron chi connectivity index (χ3n) is 2.19. The quantitative estimate of drug-likeness (QED) is 0.441. The van der Waals surface area contributed by atoms with Gasteiger partial charge in [0.05, 0.1) is 12.8 Å². The fourth-order valence-corrected chi connectivity index (χ4v) is 5.59. The van der Waals surface area contributed by atoms with E-state index in [9.17, 15) is 9.18 Å². The van der Waals surface area contributed by atoms with Crippen LogP contribution in [0.1, 0.15) is 6.23 Å². The zero-order valence-electron chi connectivity index (χ0n) is 10.3. The maximum Gasteiger partial charge on any atom is 0.351 e. The second-order valence-corrected chi connectivity index (χ2v) is 10.3. The average Bonchev–Trinajstić information content (AvgIpc) is 2.93. The van der Waals surface area contributed by atoms with Gasteiger partial charge in [-0.1, -0.05) is 23.3 Å². The molecule has 0 saturated carbocycles. The lowest BCUT2D eigenvalue weighted by atomic mass is 10.5. The number of aromatic nitrogens is 2. The number of rotatable bonds is 4. The first-order chi connectivity index (χ1) is 10.0. The van der Waals surface area contributed by atoms with E-state index in [1.807, 2.05) is 0 Å². The Labute approximate surface area is 146 Å². The molecule has 6 nitrogen and oxygen atoms in total. The van der Waals surface area contributed by atoms with Gasteiger partial charge in [0.15, 0.2) is 11.6 Å². The van der Waals surface area contributed by atoms with Crippen molar-refractivity contribution in [1.29, 1.82) is 0 Å². The SMILES string of the molecule is Nc1nc(=O)n([C@@H]2CS[C@H](CO)O2)cc1F.SSSSS. The van der Waals surface area contributed by atoms with Crippen molar-refractivity contribution in [2.75, 3.05) is 18.1 Å². The number of hydrogen-bond acceptors (Lipinski definition) is 11. The molecule has 1 aliphatic heterocycles. The molecule has 1 aliphatic rings. The van der Waals surface area contributed by atoms with E-state index in [0.717, 1.165) is 10.8 Å². The molecular formula is C8H12FN3O3S6. The molecule has 1 saturated heterocycles. The van der Waals surface area contributed by atoms with E-state index in [1.165, 1.54) is 41.2 Å². The van der Waals surface area contributed by atoms with Crippen LogP contribution in [-0.2, 0) is 4.74 Å². The fraction of sp³-hybridized carbons (Fsp3) is 0.500. The van der Waals surface area contributed by atoms with Crippen LogP contribution in [0.2, 0.25) is 0 Å². The van der Waals surface area contributed by atoms with Crippen LogP contribution in [0.4, 0.5) is 10.2 Å². The van der Waals surface area contributed by atoms with Crippen molar-refractivity contribution in [2.24, 2.45) is 0 Å². The summed E-state index contributed by atoms with van der Waals surface area (Å²) in [4.78, 5) is 14.8. The van der Waals surface area contributed by atoms with Gasteiger partial charge in [0.1, 0.15) is 11.7 Å². The molecule has 1 aromatic heterocycles. The van der Waals surface area contributed by atoms with Crippen LogP contribution in [0, 0.1) is 5.82 Å². The molecule has 120 valence electrons. The van der Waals surface area contributed by atoms with Crippen LogP contribution >= 0.6 is 64.6 Å². The molecule has 0 spiro atoms. The highest BCUT2D eigenvalue weighted by atomic mass is 33.8. The molecule has 13 heteroatoms. The Morgan fingerprint density at radius 3 is 2.76 bits per heavy atom. The van der Waals surface area contributed by atoms with Crippen molar-refractivity contribution >= 4 is 70.4 Å². The summed E-state index contributed by atoms with van der Waals surface area (Å²) >= 11 is 8.97. The van der Waals surface area contributed by atoms with Crippen molar-refractivity contribution in [2.45, 2.75) is 11.7 Å². The van der Waals surface area contributed by atoms with Crippen LogP contribution in [0.25, 0.3) is 0 Å². The van der Waals surface area contributed by atoms with Crippen LogP contribution in [0.15, 0.2) is 11.0 Å². The normalized spacial score (nSPS) is 21.0. The smallest absolute Gasteiger partial charge is 0.351 e. The van der Waals surface area contributed by atoms with Crippen LogP contribution in [0.5, 0.6) is 0 Å². The fourth-order valence-electron chi connectivity index (χ4n) is 1.36. The Kier molecular flexibility index (Phi) is 9.76. The lowest BCUT2D eigenvalue weighted by molar-refractivity contribution is -0.00677. The number of nitrogen functional groups attached to an aromatic ring is 1. The second kappa shape index (κ2) is 10.4. The minimum Gasteiger partial charge on any atom is -0.393 e. The molecule has 1 aromatic rings. The van der Waals surface area contributed by atoms with Gasteiger partial charge in [-0.2, -0.15) is 4.98 Å². The summed E-state index contributed by atoms with van der Waals surface area (Å²) in [6.07, 6.45) is 0.354. The summed E-state index contributed by atoms with van der Waals surface area (Å²) in [5, 5.41) is 8.86. The number of halogens is 1. The summed E-state index contributed by atoms with van der Waals surface area (Å²) in [6.45, 7) is -0.152. The minimum atomic E-state index is -0.763. The Balaban J connectivity index is 0.000000383. The maximum absolute atomic E-state index is 13.1. The molecule has 2 rings (SSSR count). The van der Waals surface area contributed by atoms with Crippen LogP contribution in [-0.4, -0.2) is 32.5 Å². The topological polar surface area (TPSA) is 90.4 Å². The van der Waals surface area contributed by atoms with E-state index in [0.29, 0.717) is 5.75 Å². The number of thioether (sulfide) groups is 1. The van der Waals surface area contributed by atoms with Crippen molar-refractivity contribution in [1.82, 2.24) is 9.55 Å². The molecule has 2 atom stereocenters. The van der Waals surface area contributed by atoms with Gasteiger partial charge in [0, 0.05) is 5.75 Å². The molecule has 0 bridgehead atoms. The summed E-state index contributed by atoms with van der Waals surface area (Å²) < 4.78 is 19.5. The summed E-state index contributed by atoms with van der Waals surface area (Å²) in [5.41, 5.74) is 4.10. The average molecular weight is 410 g/mol. The highest BCUT2D eigenvalue weighted by Gasteiger charge is 2.27. The van der Waals surface area contributed by atoms with E-state index in [2.05, 4.69) is 28.3 Å². The first-order valence-corrected chi connectivity index (χ1v) is 11.9. The van der Waals surface area contributed by atoms with Gasteiger partial charge < -0.3 is 15.6 Å². The zero-order chi connectivity index (χ0) is 15.8. The third-order valence-corrected chi connectivity index (χ3v) is 8.17. The van der Waals surface area contributed by atoms with E-state index >= 15 is 0 Å². The number of aliphatic hydroxyl groups excluding tert-OH is 1. The van der Waals surface area contributed by atoms with Gasteiger partial charge in [-0.25, -0.2) is 9.18 Å². The number of anilines is 1. The lowest BCUT2D eigenvalue weighted by Gasteiger charge is -2.13. The van der Waals surface area contributed by atoms with Crippen molar-refractivity contribution in [3.8, 4) is 0 Å². The van der Waals surface area contributed by atoms with Gasteiger partial charge in [-0.15, -0.1) is 11.8 Å². The maximum atomic E-state index is 13.1. The van der Waals surface area contributed by atoms with Gasteiger partial charge in [-0.3, -0.25) is 4.57 Å². The zero-order valence-corrected chi connectivity index (χ0v) is 15.3. The molecular weight excluding hydrogens is 398 g/mol. The standard InChI is InChI=1S/C8H10FN3O3S.H2S5/c9-4-1-12(8(14)11-7(4)10)5-3-16-6(2-13)15-5;1-3-5-4-2/h1,5-6,13H,2-3H2,(H2,10,11,14);1-2H/t5-,6+;/m0./s1. The number of ether oxygens (including phenoxy) is 1. The largest absolute Gasteiger partial charge is 0.393 e. The van der Waals surface area contributed by atoms with E-state index in [4.69, 9.17) is 15.6 Å². The first kappa shape index (κ1) is 19.7. The first-order valence-electron chi connectivity index (χ1n) is 5.23. The second-order valence-electron chi connectivity index (χ2n) is 3.42. The summed E-state index contributed by atoms with van der Waals surface area (Å²) in [5.74, 6) is -0.734. The molecule has 0 unspecified atom stereocenters. The van der Waals surface area contributed by atoms with Gasteiger partial charge in [-0.05, 0) is 29.5 Å². The molecule has 1 fully saturated rings. The Morgan fingerprint density at radius 1 is 1.62 bits per heavy atom. The van der Waals surface area contributed by atoms with E-state index < -0.39 is 29.0 Å². The number of aliphatic hydroxyl groups is 1. The van der Waals surface area contributed by atoms with Crippen molar-refractivity contribution < 1.29 is 14.2 Å². The Bertz CT molecular complexity index is 505. The highest BCUT2D eigenvalue weighted by Crippen LogP contribution is 2.38. The number of nitrogens with zero attached hydrogens (tertiary/aromatic N) is 2. The molecule has 21 heavy (non-hydrogen) atoms. The van der Waals surface area contributed by atoms with E-state index in [1.54, 1.807) is 0 Å². The predicted octanol–water partition coefficient (Wildman–Crippen LogP) is 2.25. The third kappa shape index (κ3) is 6.33. The van der Waals surface area contributed by atoms with Gasteiger partial charge in [0.2, 0.25) is 0 Å². The number of thiol groups is 2. The summed E-state index contributed by atoms with van der Waals surface area (Å²) in [6, 6.07) is 0. The van der Waals surface area contributed by atoms with Crippen LogP contribution < -0.4 is 11.4 Å². The summed E-state index contributed by atoms with van der Waals surface area (Å²) in [7, 11) is 4.32. The molecule has 0 aliphatic carbocycles. The van der Waals surface area contributed by atoms with Crippen LogP contribution in [0.3, 0.4) is 0 Å². The van der Waals surface area contributed by atoms with Crippen molar-refractivity contribution in [3.05, 3.63) is 22.5 Å². The Morgan fingerprint density at radius 2 is 2.29 bits per heavy atom. The number of hydrogen-bond donors (Lipinski definition) is 4. The monoisotopic (exact) mass is 409 g/mol. The molecule has 0 aromatic carbocycles. The predicted molar refractivity (Wildman–Crippen MR) is 97.1 cm³/mol.